The first-order valence-corrected chi connectivity index (χ1v) is 9.69. The molecule has 0 radical (unpaired) electrons. The van der Waals surface area contributed by atoms with E-state index in [1.165, 1.54) is 0 Å². The maximum absolute atomic E-state index is 5.41. The lowest BCUT2D eigenvalue weighted by Crippen LogP contribution is -2.44. The van der Waals surface area contributed by atoms with Crippen LogP contribution < -0.4 is 20.1 Å². The third-order valence-electron chi connectivity index (χ3n) is 4.50. The highest BCUT2D eigenvalue weighted by molar-refractivity contribution is 14.0. The molecular formula is C20H35IN4O3. The number of halogens is 1. The largest absolute Gasteiger partial charge is 0.493 e. The van der Waals surface area contributed by atoms with Gasteiger partial charge in [0.05, 0.1) is 34.0 Å². The first-order chi connectivity index (χ1) is 13.2. The van der Waals surface area contributed by atoms with Gasteiger partial charge < -0.3 is 24.8 Å². The Morgan fingerprint density at radius 2 is 1.89 bits per heavy atom. The number of benzene rings is 1. The number of nitrogens with one attached hydrogen (secondary N) is 2. The standard InChI is InChI=1S/C20H34N4O3.HI/c1-5-21-20(22-13-16(2)15-24-8-10-27-11-9-24)23-14-17-6-7-18(25-3)19(12-17)26-4;/h6-7,12,16H,5,8-11,13-15H2,1-4H3,(H2,21,22,23);1H. The van der Waals surface area contributed by atoms with Crippen LogP contribution in [-0.2, 0) is 11.3 Å². The van der Waals surface area contributed by atoms with Crippen molar-refractivity contribution in [3.8, 4) is 11.5 Å². The highest BCUT2D eigenvalue weighted by atomic mass is 127. The van der Waals surface area contributed by atoms with Crippen LogP contribution >= 0.6 is 24.0 Å². The van der Waals surface area contributed by atoms with Gasteiger partial charge in [0, 0.05) is 32.7 Å². The van der Waals surface area contributed by atoms with Gasteiger partial charge in [-0.1, -0.05) is 13.0 Å². The third-order valence-corrected chi connectivity index (χ3v) is 4.50. The van der Waals surface area contributed by atoms with Gasteiger partial charge in [-0.3, -0.25) is 4.90 Å². The van der Waals surface area contributed by atoms with Gasteiger partial charge in [0.25, 0.3) is 0 Å². The fourth-order valence-electron chi connectivity index (χ4n) is 3.05. The van der Waals surface area contributed by atoms with E-state index in [1.807, 2.05) is 18.2 Å². The maximum atomic E-state index is 5.41. The van der Waals surface area contributed by atoms with E-state index in [0.717, 1.165) is 69.0 Å². The van der Waals surface area contributed by atoms with E-state index in [4.69, 9.17) is 19.2 Å². The number of nitrogens with zero attached hydrogens (tertiary/aromatic N) is 2. The van der Waals surface area contributed by atoms with Crippen molar-refractivity contribution in [1.82, 2.24) is 15.5 Å². The summed E-state index contributed by atoms with van der Waals surface area (Å²) < 4.78 is 16.1. The molecule has 1 unspecified atom stereocenters. The van der Waals surface area contributed by atoms with Crippen molar-refractivity contribution in [1.29, 1.82) is 0 Å². The summed E-state index contributed by atoms with van der Waals surface area (Å²) in [6.45, 7) is 11.4. The molecule has 1 aliphatic rings. The number of ether oxygens (including phenoxy) is 3. The van der Waals surface area contributed by atoms with Gasteiger partial charge in [-0.2, -0.15) is 0 Å². The molecule has 7 nitrogen and oxygen atoms in total. The lowest BCUT2D eigenvalue weighted by molar-refractivity contribution is 0.0320. The summed E-state index contributed by atoms with van der Waals surface area (Å²) in [5.74, 6) is 2.82. The SMILES string of the molecule is CCNC(=NCc1ccc(OC)c(OC)c1)NCC(C)CN1CCOCC1.I. The first-order valence-electron chi connectivity index (χ1n) is 9.69. The van der Waals surface area contributed by atoms with Crippen molar-refractivity contribution in [2.45, 2.75) is 20.4 Å². The third kappa shape index (κ3) is 8.40. The Balaban J connectivity index is 0.00000392. The molecule has 0 amide bonds. The monoisotopic (exact) mass is 506 g/mol. The predicted octanol–water partition coefficient (Wildman–Crippen LogP) is 2.35. The Kier molecular flexibility index (Phi) is 12.2. The Hall–Kier alpha value is -1.26. The molecule has 0 bridgehead atoms. The number of hydrogen-bond donors (Lipinski definition) is 2. The van der Waals surface area contributed by atoms with Crippen molar-refractivity contribution in [2.24, 2.45) is 10.9 Å². The Morgan fingerprint density at radius 1 is 1.18 bits per heavy atom. The van der Waals surface area contributed by atoms with E-state index in [-0.39, 0.29) is 24.0 Å². The molecule has 1 fully saturated rings. The zero-order chi connectivity index (χ0) is 19.5. The minimum Gasteiger partial charge on any atom is -0.493 e. The second-order valence-corrected chi connectivity index (χ2v) is 6.78. The van der Waals surface area contributed by atoms with E-state index in [9.17, 15) is 0 Å². The van der Waals surface area contributed by atoms with Gasteiger partial charge in [0.1, 0.15) is 0 Å². The lowest BCUT2D eigenvalue weighted by atomic mass is 10.1. The lowest BCUT2D eigenvalue weighted by Gasteiger charge is -2.29. The van der Waals surface area contributed by atoms with Gasteiger partial charge in [-0.25, -0.2) is 4.99 Å². The van der Waals surface area contributed by atoms with Gasteiger partial charge in [0.15, 0.2) is 17.5 Å². The number of rotatable bonds is 9. The highest BCUT2D eigenvalue weighted by Gasteiger charge is 2.14. The number of morpholine rings is 1. The van der Waals surface area contributed by atoms with Crippen LogP contribution in [0.2, 0.25) is 0 Å². The Morgan fingerprint density at radius 3 is 2.54 bits per heavy atom. The van der Waals surface area contributed by atoms with Crippen LogP contribution in [0.1, 0.15) is 19.4 Å². The van der Waals surface area contributed by atoms with Crippen molar-refractivity contribution in [2.75, 3.05) is 60.2 Å². The van der Waals surface area contributed by atoms with Crippen molar-refractivity contribution in [3.63, 3.8) is 0 Å². The average Bonchev–Trinajstić information content (AvgIpc) is 2.70. The second kappa shape index (κ2) is 13.8. The van der Waals surface area contributed by atoms with Gasteiger partial charge in [0.2, 0.25) is 0 Å². The minimum absolute atomic E-state index is 0. The molecule has 160 valence electrons. The quantitative estimate of drug-likeness (QED) is 0.305. The Labute approximate surface area is 186 Å². The zero-order valence-corrected chi connectivity index (χ0v) is 19.8. The van der Waals surface area contributed by atoms with Crippen LogP contribution in [0.25, 0.3) is 0 Å². The van der Waals surface area contributed by atoms with E-state index in [2.05, 4.69) is 29.4 Å². The molecule has 2 rings (SSSR count). The van der Waals surface area contributed by atoms with Crippen molar-refractivity contribution in [3.05, 3.63) is 23.8 Å². The molecular weight excluding hydrogens is 471 g/mol. The molecule has 1 atom stereocenters. The summed E-state index contributed by atoms with van der Waals surface area (Å²) in [5.41, 5.74) is 1.08. The molecule has 1 aromatic rings. The smallest absolute Gasteiger partial charge is 0.191 e. The van der Waals surface area contributed by atoms with Crippen LogP contribution in [-0.4, -0.2) is 71.0 Å². The van der Waals surface area contributed by atoms with Crippen molar-refractivity contribution >= 4 is 29.9 Å². The molecule has 1 aromatic carbocycles. The molecule has 0 aliphatic carbocycles. The van der Waals surface area contributed by atoms with E-state index in [0.29, 0.717) is 12.5 Å². The molecule has 0 saturated carbocycles. The fraction of sp³-hybridized carbons (Fsp3) is 0.650. The highest BCUT2D eigenvalue weighted by Crippen LogP contribution is 2.27. The molecule has 1 aliphatic heterocycles. The van der Waals surface area contributed by atoms with Crippen molar-refractivity contribution < 1.29 is 14.2 Å². The molecule has 0 aromatic heterocycles. The summed E-state index contributed by atoms with van der Waals surface area (Å²) in [4.78, 5) is 7.16. The molecule has 1 saturated heterocycles. The molecule has 1 heterocycles. The molecule has 2 N–H and O–H groups in total. The molecule has 8 heteroatoms. The van der Waals surface area contributed by atoms with Gasteiger partial charge in [-0.05, 0) is 30.5 Å². The summed E-state index contributed by atoms with van der Waals surface area (Å²) in [6.07, 6.45) is 0. The predicted molar refractivity (Wildman–Crippen MR) is 124 cm³/mol. The normalized spacial score (nSPS) is 16.1. The van der Waals surface area contributed by atoms with Gasteiger partial charge >= 0.3 is 0 Å². The maximum Gasteiger partial charge on any atom is 0.191 e. The second-order valence-electron chi connectivity index (χ2n) is 6.78. The summed E-state index contributed by atoms with van der Waals surface area (Å²) in [6, 6.07) is 5.89. The topological polar surface area (TPSA) is 67.4 Å². The van der Waals surface area contributed by atoms with Crippen LogP contribution in [0.5, 0.6) is 11.5 Å². The average molecular weight is 506 g/mol. The fourth-order valence-corrected chi connectivity index (χ4v) is 3.05. The summed E-state index contributed by atoms with van der Waals surface area (Å²) in [7, 11) is 3.29. The first kappa shape index (κ1) is 24.8. The number of methoxy groups -OCH3 is 2. The minimum atomic E-state index is 0. The van der Waals surface area contributed by atoms with E-state index < -0.39 is 0 Å². The van der Waals surface area contributed by atoms with Crippen LogP contribution in [0.4, 0.5) is 0 Å². The molecule has 0 spiro atoms. The number of guanidine groups is 1. The number of aliphatic imine (C=N–C) groups is 1. The number of hydrogen-bond acceptors (Lipinski definition) is 5. The van der Waals surface area contributed by atoms with E-state index in [1.54, 1.807) is 14.2 Å². The van der Waals surface area contributed by atoms with Crippen LogP contribution in [0.15, 0.2) is 23.2 Å². The van der Waals surface area contributed by atoms with Gasteiger partial charge in [-0.15, -0.1) is 24.0 Å². The molecule has 28 heavy (non-hydrogen) atoms. The van der Waals surface area contributed by atoms with Crippen LogP contribution in [0, 0.1) is 5.92 Å². The van der Waals surface area contributed by atoms with Crippen LogP contribution in [0.3, 0.4) is 0 Å². The van der Waals surface area contributed by atoms with E-state index >= 15 is 0 Å². The zero-order valence-electron chi connectivity index (χ0n) is 17.5. The summed E-state index contributed by atoms with van der Waals surface area (Å²) >= 11 is 0. The Bertz CT molecular complexity index is 595. The summed E-state index contributed by atoms with van der Waals surface area (Å²) in [5, 5.41) is 6.77.